The van der Waals surface area contributed by atoms with E-state index in [2.05, 4.69) is 9.64 Å². The minimum atomic E-state index is -0.760. The normalized spacial score (nSPS) is 13.7. The molecular weight excluding hydrogens is 379 g/mol. The van der Waals surface area contributed by atoms with Crippen LogP contribution in [-0.4, -0.2) is 62.6 Å². The van der Waals surface area contributed by atoms with Crippen molar-refractivity contribution in [2.75, 3.05) is 44.8 Å². The Kier molecular flexibility index (Phi) is 6.43. The third-order valence-electron chi connectivity index (χ3n) is 4.70. The highest BCUT2D eigenvalue weighted by Gasteiger charge is 2.24. The molecule has 0 aliphatic carbocycles. The van der Waals surface area contributed by atoms with Crippen LogP contribution in [0.4, 0.5) is 10.1 Å². The maximum atomic E-state index is 13.0. The molecule has 29 heavy (non-hydrogen) atoms. The van der Waals surface area contributed by atoms with Gasteiger partial charge in [0, 0.05) is 31.9 Å². The zero-order valence-electron chi connectivity index (χ0n) is 16.0. The van der Waals surface area contributed by atoms with Crippen molar-refractivity contribution in [2.45, 2.75) is 0 Å². The van der Waals surface area contributed by atoms with E-state index in [1.165, 1.54) is 31.4 Å². The van der Waals surface area contributed by atoms with E-state index >= 15 is 0 Å². The predicted octanol–water partition coefficient (Wildman–Crippen LogP) is 2.12. The van der Waals surface area contributed by atoms with Crippen LogP contribution >= 0.6 is 0 Å². The van der Waals surface area contributed by atoms with Crippen LogP contribution in [-0.2, 0) is 14.3 Å². The Morgan fingerprint density at radius 3 is 2.07 bits per heavy atom. The first-order valence-corrected chi connectivity index (χ1v) is 9.12. The Morgan fingerprint density at radius 1 is 0.897 bits per heavy atom. The van der Waals surface area contributed by atoms with Gasteiger partial charge in [-0.05, 0) is 36.4 Å². The zero-order chi connectivity index (χ0) is 20.8. The fraction of sp³-hybridized carbons (Fsp3) is 0.286. The molecule has 0 N–H and O–H groups in total. The van der Waals surface area contributed by atoms with Gasteiger partial charge in [0.1, 0.15) is 5.82 Å². The average molecular weight is 400 g/mol. The molecular formula is C21H21FN2O5. The van der Waals surface area contributed by atoms with Crippen molar-refractivity contribution in [3.63, 3.8) is 0 Å². The first kappa shape index (κ1) is 20.3. The fourth-order valence-corrected chi connectivity index (χ4v) is 3.11. The number of hydrogen-bond donors (Lipinski definition) is 0. The van der Waals surface area contributed by atoms with Crippen molar-refractivity contribution in [3.8, 4) is 0 Å². The third kappa shape index (κ3) is 4.90. The molecule has 3 rings (SSSR count). The molecule has 1 amide bonds. The average Bonchev–Trinajstić information content (AvgIpc) is 2.77. The topological polar surface area (TPSA) is 76.2 Å². The first-order chi connectivity index (χ1) is 14.0. The molecule has 1 heterocycles. The summed E-state index contributed by atoms with van der Waals surface area (Å²) in [7, 11) is 1.22. The number of halogens is 1. The lowest BCUT2D eigenvalue weighted by molar-refractivity contribution is -0.134. The first-order valence-electron chi connectivity index (χ1n) is 9.12. The summed E-state index contributed by atoms with van der Waals surface area (Å²) in [6.45, 7) is 1.71. The van der Waals surface area contributed by atoms with E-state index in [0.717, 1.165) is 5.69 Å². The van der Waals surface area contributed by atoms with Gasteiger partial charge in [-0.3, -0.25) is 4.79 Å². The standard InChI is InChI=1S/C21H21FN2O5/c1-28-20(26)17-4-2-3-5-18(17)21(27)29-14-19(25)24-12-10-23(11-13-24)16-8-6-15(22)7-9-16/h2-9H,10-14H2,1H3. The van der Waals surface area contributed by atoms with Gasteiger partial charge >= 0.3 is 11.9 Å². The van der Waals surface area contributed by atoms with E-state index in [0.29, 0.717) is 26.2 Å². The van der Waals surface area contributed by atoms with Crippen LogP contribution < -0.4 is 4.90 Å². The van der Waals surface area contributed by atoms with Crippen molar-refractivity contribution >= 4 is 23.5 Å². The summed E-state index contributed by atoms with van der Waals surface area (Å²) >= 11 is 0. The largest absolute Gasteiger partial charge is 0.465 e. The van der Waals surface area contributed by atoms with Gasteiger partial charge in [0.15, 0.2) is 6.61 Å². The zero-order valence-corrected chi connectivity index (χ0v) is 16.0. The molecule has 0 saturated carbocycles. The predicted molar refractivity (Wildman–Crippen MR) is 103 cm³/mol. The van der Waals surface area contributed by atoms with Crippen LogP contribution in [0.3, 0.4) is 0 Å². The number of ether oxygens (including phenoxy) is 2. The van der Waals surface area contributed by atoms with E-state index in [1.54, 1.807) is 29.2 Å². The molecule has 2 aromatic rings. The van der Waals surface area contributed by atoms with Crippen molar-refractivity contribution in [2.24, 2.45) is 0 Å². The highest BCUT2D eigenvalue weighted by atomic mass is 19.1. The quantitative estimate of drug-likeness (QED) is 0.716. The van der Waals surface area contributed by atoms with Crippen LogP contribution in [0.25, 0.3) is 0 Å². The number of nitrogens with zero attached hydrogens (tertiary/aromatic N) is 2. The number of carbonyl (C=O) groups excluding carboxylic acids is 3. The van der Waals surface area contributed by atoms with Gasteiger partial charge < -0.3 is 19.3 Å². The molecule has 1 saturated heterocycles. The second kappa shape index (κ2) is 9.18. The summed E-state index contributed by atoms with van der Waals surface area (Å²) in [6, 6.07) is 12.3. The Hall–Kier alpha value is -3.42. The minimum absolute atomic E-state index is 0.0493. The van der Waals surface area contributed by atoms with Crippen LogP contribution in [0.15, 0.2) is 48.5 Å². The number of anilines is 1. The number of piperazine rings is 1. The summed E-state index contributed by atoms with van der Waals surface area (Å²) < 4.78 is 22.8. The number of carbonyl (C=O) groups is 3. The summed E-state index contributed by atoms with van der Waals surface area (Å²) in [4.78, 5) is 40.1. The molecule has 1 fully saturated rings. The number of methoxy groups -OCH3 is 1. The van der Waals surface area contributed by atoms with Crippen LogP contribution in [0.1, 0.15) is 20.7 Å². The Labute approximate surface area is 167 Å². The lowest BCUT2D eigenvalue weighted by Gasteiger charge is -2.36. The van der Waals surface area contributed by atoms with Gasteiger partial charge in [0.2, 0.25) is 0 Å². The summed E-state index contributed by atoms with van der Waals surface area (Å²) in [5.74, 6) is -2.02. The number of benzene rings is 2. The van der Waals surface area contributed by atoms with Crippen molar-refractivity contribution < 1.29 is 28.2 Å². The van der Waals surface area contributed by atoms with Crippen LogP contribution in [0.5, 0.6) is 0 Å². The second-order valence-corrected chi connectivity index (χ2v) is 6.46. The van der Waals surface area contributed by atoms with Gasteiger partial charge in [0.25, 0.3) is 5.91 Å². The van der Waals surface area contributed by atoms with Crippen LogP contribution in [0.2, 0.25) is 0 Å². The van der Waals surface area contributed by atoms with E-state index in [-0.39, 0.29) is 22.9 Å². The molecule has 2 aromatic carbocycles. The maximum absolute atomic E-state index is 13.0. The number of esters is 2. The molecule has 7 nitrogen and oxygen atoms in total. The minimum Gasteiger partial charge on any atom is -0.465 e. The van der Waals surface area contributed by atoms with Gasteiger partial charge in [0.05, 0.1) is 18.2 Å². The molecule has 8 heteroatoms. The summed E-state index contributed by atoms with van der Waals surface area (Å²) in [5.41, 5.74) is 1.03. The molecule has 0 radical (unpaired) electrons. The SMILES string of the molecule is COC(=O)c1ccccc1C(=O)OCC(=O)N1CCN(c2ccc(F)cc2)CC1. The van der Waals surface area contributed by atoms with Crippen LogP contribution in [0, 0.1) is 5.82 Å². The smallest absolute Gasteiger partial charge is 0.339 e. The molecule has 0 spiro atoms. The fourth-order valence-electron chi connectivity index (χ4n) is 3.11. The lowest BCUT2D eigenvalue weighted by atomic mass is 10.1. The van der Waals surface area contributed by atoms with Gasteiger partial charge in [-0.2, -0.15) is 0 Å². The van der Waals surface area contributed by atoms with Crippen molar-refractivity contribution in [1.29, 1.82) is 0 Å². The van der Waals surface area contributed by atoms with Gasteiger partial charge in [-0.15, -0.1) is 0 Å². The molecule has 0 aromatic heterocycles. The molecule has 0 bridgehead atoms. The Morgan fingerprint density at radius 2 is 1.48 bits per heavy atom. The molecule has 1 aliphatic heterocycles. The summed E-state index contributed by atoms with van der Waals surface area (Å²) in [5, 5.41) is 0. The van der Waals surface area contributed by atoms with E-state index in [4.69, 9.17) is 4.74 Å². The van der Waals surface area contributed by atoms with Gasteiger partial charge in [-0.1, -0.05) is 12.1 Å². The van der Waals surface area contributed by atoms with E-state index in [1.807, 2.05) is 0 Å². The molecule has 0 atom stereocenters. The molecule has 0 unspecified atom stereocenters. The number of amides is 1. The number of hydrogen-bond acceptors (Lipinski definition) is 6. The Bertz CT molecular complexity index is 892. The molecule has 1 aliphatic rings. The summed E-state index contributed by atoms with van der Waals surface area (Å²) in [6.07, 6.45) is 0. The van der Waals surface area contributed by atoms with E-state index in [9.17, 15) is 18.8 Å². The van der Waals surface area contributed by atoms with Crippen molar-refractivity contribution in [1.82, 2.24) is 4.90 Å². The maximum Gasteiger partial charge on any atom is 0.339 e. The van der Waals surface area contributed by atoms with Gasteiger partial charge in [-0.25, -0.2) is 14.0 Å². The van der Waals surface area contributed by atoms with E-state index < -0.39 is 18.5 Å². The van der Waals surface area contributed by atoms with Crippen molar-refractivity contribution in [3.05, 3.63) is 65.5 Å². The highest BCUT2D eigenvalue weighted by molar-refractivity contribution is 6.03. The highest BCUT2D eigenvalue weighted by Crippen LogP contribution is 2.17. The monoisotopic (exact) mass is 400 g/mol. The molecule has 152 valence electrons. The second-order valence-electron chi connectivity index (χ2n) is 6.46. The number of rotatable bonds is 5. The third-order valence-corrected chi connectivity index (χ3v) is 4.70. The Balaban J connectivity index is 1.52. The lowest BCUT2D eigenvalue weighted by Crippen LogP contribution is -2.49.